The number of aromatic nitrogens is 2. The lowest BCUT2D eigenvalue weighted by molar-refractivity contribution is 0.0691. The zero-order valence-electron chi connectivity index (χ0n) is 12.5. The Morgan fingerprint density at radius 3 is 2.57 bits per heavy atom. The van der Waals surface area contributed by atoms with E-state index in [1.807, 2.05) is 0 Å². The summed E-state index contributed by atoms with van der Waals surface area (Å²) in [6.45, 7) is 1.56. The molecule has 0 saturated heterocycles. The number of anilines is 1. The van der Waals surface area contributed by atoms with E-state index in [4.69, 9.17) is 9.84 Å². The summed E-state index contributed by atoms with van der Waals surface area (Å²) in [6, 6.07) is 1.66. The summed E-state index contributed by atoms with van der Waals surface area (Å²) in [5, 5.41) is 12.6. The third-order valence-corrected chi connectivity index (χ3v) is 4.66. The van der Waals surface area contributed by atoms with Gasteiger partial charge in [-0.15, -0.1) is 0 Å². The molecule has 0 amide bonds. The fourth-order valence-corrected chi connectivity index (χ4v) is 3.50. The molecule has 2 rings (SSSR count). The van der Waals surface area contributed by atoms with E-state index in [1.165, 1.54) is 20.4 Å². The molecule has 0 aliphatic heterocycles. The highest BCUT2D eigenvalue weighted by atomic mass is 32.2. The third-order valence-electron chi connectivity index (χ3n) is 3.07. The van der Waals surface area contributed by atoms with Crippen LogP contribution in [0.4, 0.5) is 10.1 Å². The van der Waals surface area contributed by atoms with Crippen LogP contribution in [0, 0.1) is 12.7 Å². The van der Waals surface area contributed by atoms with E-state index in [1.54, 1.807) is 6.92 Å². The molecule has 0 unspecified atom stereocenters. The highest BCUT2D eigenvalue weighted by molar-refractivity contribution is 7.92. The number of methoxy groups -OCH3 is 1. The number of carboxylic acids is 1. The first-order valence-corrected chi connectivity index (χ1v) is 7.78. The molecular formula is C13H14FN3O5S. The van der Waals surface area contributed by atoms with Crippen molar-refractivity contribution >= 4 is 21.7 Å². The molecule has 0 saturated carbocycles. The van der Waals surface area contributed by atoms with Gasteiger partial charge in [-0.05, 0) is 13.0 Å². The van der Waals surface area contributed by atoms with Gasteiger partial charge in [-0.3, -0.25) is 9.40 Å². The van der Waals surface area contributed by atoms with Crippen molar-refractivity contribution in [2.24, 2.45) is 7.05 Å². The molecule has 10 heteroatoms. The van der Waals surface area contributed by atoms with E-state index in [0.29, 0.717) is 5.56 Å². The molecule has 2 aromatic rings. The molecule has 0 fully saturated rings. The number of sulfonamides is 1. The number of hydrogen-bond donors (Lipinski definition) is 2. The number of nitrogens with zero attached hydrogens (tertiary/aromatic N) is 2. The summed E-state index contributed by atoms with van der Waals surface area (Å²) in [4.78, 5) is 10.9. The van der Waals surface area contributed by atoms with E-state index < -0.39 is 27.4 Å². The second-order valence-electron chi connectivity index (χ2n) is 4.70. The van der Waals surface area contributed by atoms with Crippen LogP contribution in [0.25, 0.3) is 0 Å². The fraction of sp³-hybridized carbons (Fsp3) is 0.231. The minimum absolute atomic E-state index is 0.0951. The minimum Gasteiger partial charge on any atom is -0.495 e. The predicted octanol–water partition coefficient (Wildman–Crippen LogP) is 1.38. The monoisotopic (exact) mass is 343 g/mol. The number of hydrogen-bond acceptors (Lipinski definition) is 5. The van der Waals surface area contributed by atoms with Crippen LogP contribution in [-0.2, 0) is 17.1 Å². The molecule has 8 nitrogen and oxygen atoms in total. The number of ether oxygens (including phenoxy) is 1. The van der Waals surface area contributed by atoms with Gasteiger partial charge in [0, 0.05) is 18.7 Å². The maximum absolute atomic E-state index is 13.8. The first-order valence-electron chi connectivity index (χ1n) is 6.29. The lowest BCUT2D eigenvalue weighted by Crippen LogP contribution is -2.18. The first kappa shape index (κ1) is 16.7. The minimum atomic E-state index is -4.06. The number of nitrogens with one attached hydrogen (secondary N) is 1. The van der Waals surface area contributed by atoms with Gasteiger partial charge >= 0.3 is 5.97 Å². The molecule has 0 atom stereocenters. The molecule has 23 heavy (non-hydrogen) atoms. The number of benzene rings is 1. The Labute approximate surface area is 131 Å². The van der Waals surface area contributed by atoms with Crippen LogP contribution < -0.4 is 9.46 Å². The van der Waals surface area contributed by atoms with Crippen LogP contribution in [0.5, 0.6) is 5.75 Å². The van der Waals surface area contributed by atoms with E-state index in [9.17, 15) is 17.6 Å². The third kappa shape index (κ3) is 3.11. The van der Waals surface area contributed by atoms with E-state index in [-0.39, 0.29) is 16.5 Å². The van der Waals surface area contributed by atoms with Crippen molar-refractivity contribution in [2.75, 3.05) is 11.8 Å². The van der Waals surface area contributed by atoms with E-state index >= 15 is 0 Å². The van der Waals surface area contributed by atoms with Crippen LogP contribution in [-0.4, -0.2) is 36.4 Å². The smallest absolute Gasteiger partial charge is 0.338 e. The van der Waals surface area contributed by atoms with Gasteiger partial charge in [0.2, 0.25) is 0 Å². The van der Waals surface area contributed by atoms with Gasteiger partial charge in [-0.1, -0.05) is 0 Å². The van der Waals surface area contributed by atoms with E-state index in [0.717, 1.165) is 16.8 Å². The van der Waals surface area contributed by atoms with Crippen LogP contribution in [0.15, 0.2) is 23.4 Å². The van der Waals surface area contributed by atoms with Gasteiger partial charge in [-0.25, -0.2) is 9.18 Å². The number of aryl methyl sites for hydroxylation is 2. The van der Waals surface area contributed by atoms with Crippen molar-refractivity contribution in [3.8, 4) is 5.75 Å². The van der Waals surface area contributed by atoms with Crippen molar-refractivity contribution in [3.05, 3.63) is 35.3 Å². The highest BCUT2D eigenvalue weighted by Gasteiger charge is 2.24. The van der Waals surface area contributed by atoms with Gasteiger partial charge in [0.25, 0.3) is 10.0 Å². The summed E-state index contributed by atoms with van der Waals surface area (Å²) in [5.74, 6) is -2.69. The van der Waals surface area contributed by atoms with Crippen molar-refractivity contribution in [2.45, 2.75) is 11.9 Å². The van der Waals surface area contributed by atoms with Crippen molar-refractivity contribution in [3.63, 3.8) is 0 Å². The number of carbonyl (C=O) groups is 1. The summed E-state index contributed by atoms with van der Waals surface area (Å²) in [6.07, 6.45) is 1.37. The highest BCUT2D eigenvalue weighted by Crippen LogP contribution is 2.30. The molecule has 2 N–H and O–H groups in total. The Balaban J connectivity index is 2.52. The molecule has 0 radical (unpaired) electrons. The SMILES string of the molecule is COc1cc(C(=O)O)c(F)cc1NS(=O)(=O)c1c(C)cnn1C. The molecule has 0 bridgehead atoms. The lowest BCUT2D eigenvalue weighted by atomic mass is 10.2. The molecule has 124 valence electrons. The number of aromatic carboxylic acids is 1. The zero-order valence-corrected chi connectivity index (χ0v) is 13.3. The Bertz CT molecular complexity index is 856. The molecule has 0 aliphatic carbocycles. The number of rotatable bonds is 5. The summed E-state index contributed by atoms with van der Waals surface area (Å²) < 4.78 is 47.0. The van der Waals surface area contributed by atoms with Crippen LogP contribution >= 0.6 is 0 Å². The topological polar surface area (TPSA) is 111 Å². The largest absolute Gasteiger partial charge is 0.495 e. The first-order chi connectivity index (χ1) is 10.7. The predicted molar refractivity (Wildman–Crippen MR) is 78.7 cm³/mol. The standard InChI is InChI=1S/C13H14FN3O5S/c1-7-6-15-17(2)12(7)23(20,21)16-10-5-9(14)8(13(18)19)4-11(10)22-3/h4-6,16H,1-3H3,(H,18,19). The molecule has 0 spiro atoms. The fourth-order valence-electron chi connectivity index (χ4n) is 2.08. The van der Waals surface area contributed by atoms with Crippen molar-refractivity contribution < 1.29 is 27.4 Å². The van der Waals surface area contributed by atoms with Crippen LogP contribution in [0.3, 0.4) is 0 Å². The van der Waals surface area contributed by atoms with Gasteiger partial charge in [0.05, 0.1) is 24.6 Å². The van der Waals surface area contributed by atoms with Crippen molar-refractivity contribution in [1.82, 2.24) is 9.78 Å². The number of carboxylic acid groups (broad SMARTS) is 1. The van der Waals surface area contributed by atoms with Crippen LogP contribution in [0.1, 0.15) is 15.9 Å². The molecule has 1 aromatic carbocycles. The molecule has 1 aromatic heterocycles. The average molecular weight is 343 g/mol. The Kier molecular flexibility index (Phi) is 4.28. The second-order valence-corrected chi connectivity index (χ2v) is 6.30. The molecule has 0 aliphatic rings. The normalized spacial score (nSPS) is 11.3. The lowest BCUT2D eigenvalue weighted by Gasteiger charge is -2.13. The second kappa shape index (κ2) is 5.88. The zero-order chi connectivity index (χ0) is 17.4. The van der Waals surface area contributed by atoms with E-state index in [2.05, 4.69) is 9.82 Å². The van der Waals surface area contributed by atoms with Gasteiger partial charge in [-0.2, -0.15) is 13.5 Å². The maximum atomic E-state index is 13.8. The van der Waals surface area contributed by atoms with Crippen molar-refractivity contribution in [1.29, 1.82) is 0 Å². The Hall–Kier alpha value is -2.62. The van der Waals surface area contributed by atoms with Crippen LogP contribution in [0.2, 0.25) is 0 Å². The molecule has 1 heterocycles. The Morgan fingerprint density at radius 1 is 1.43 bits per heavy atom. The quantitative estimate of drug-likeness (QED) is 0.848. The summed E-state index contributed by atoms with van der Waals surface area (Å²) in [5.41, 5.74) is -0.432. The van der Waals surface area contributed by atoms with Gasteiger partial charge < -0.3 is 9.84 Å². The molecular weight excluding hydrogens is 329 g/mol. The summed E-state index contributed by atoms with van der Waals surface area (Å²) in [7, 11) is -1.39. The Morgan fingerprint density at radius 2 is 2.09 bits per heavy atom. The summed E-state index contributed by atoms with van der Waals surface area (Å²) >= 11 is 0. The van der Waals surface area contributed by atoms with Gasteiger partial charge in [0.15, 0.2) is 5.03 Å². The average Bonchev–Trinajstić information content (AvgIpc) is 2.78. The maximum Gasteiger partial charge on any atom is 0.338 e. The van der Waals surface area contributed by atoms with Gasteiger partial charge in [0.1, 0.15) is 11.6 Å². The number of halogens is 1.